The third kappa shape index (κ3) is 3.47. The van der Waals surface area contributed by atoms with Gasteiger partial charge in [-0.25, -0.2) is 0 Å². The Morgan fingerprint density at radius 1 is 0.960 bits per heavy atom. The van der Waals surface area contributed by atoms with Gasteiger partial charge in [0, 0.05) is 0 Å². The Kier molecular flexibility index (Phi) is 5.24. The molecule has 0 radical (unpaired) electrons. The van der Waals surface area contributed by atoms with Gasteiger partial charge in [-0.3, -0.25) is 4.79 Å². The van der Waals surface area contributed by atoms with E-state index in [1.165, 1.54) is 7.11 Å². The van der Waals surface area contributed by atoms with E-state index in [4.69, 9.17) is 9.47 Å². The molecule has 2 atom stereocenters. The van der Waals surface area contributed by atoms with E-state index in [1.54, 1.807) is 0 Å². The van der Waals surface area contributed by atoms with E-state index in [0.29, 0.717) is 13.0 Å². The smallest absolute Gasteiger partial charge is 0.315 e. The molecule has 1 aliphatic carbocycles. The van der Waals surface area contributed by atoms with E-state index in [2.05, 4.69) is 31.2 Å². The summed E-state index contributed by atoms with van der Waals surface area (Å²) in [7, 11) is 1.48. The largest absolute Gasteiger partial charge is 0.468 e. The van der Waals surface area contributed by atoms with E-state index in [9.17, 15) is 4.79 Å². The Balaban J connectivity index is 1.87. The molecule has 3 heteroatoms. The van der Waals surface area contributed by atoms with Crippen LogP contribution in [0.1, 0.15) is 37.3 Å². The van der Waals surface area contributed by atoms with Crippen molar-refractivity contribution in [3.63, 3.8) is 0 Å². The lowest BCUT2D eigenvalue weighted by Gasteiger charge is -2.41. The summed E-state index contributed by atoms with van der Waals surface area (Å²) < 4.78 is 11.6. The monoisotopic (exact) mass is 338 g/mol. The van der Waals surface area contributed by atoms with Gasteiger partial charge in [0.15, 0.2) is 0 Å². The van der Waals surface area contributed by atoms with Crippen molar-refractivity contribution in [2.24, 2.45) is 5.41 Å². The molecule has 2 aromatic rings. The van der Waals surface area contributed by atoms with E-state index < -0.39 is 11.0 Å². The summed E-state index contributed by atoms with van der Waals surface area (Å²) in [6, 6.07) is 20.3. The molecular weight excluding hydrogens is 312 g/mol. The molecule has 0 bridgehead atoms. The second-order valence-electron chi connectivity index (χ2n) is 7.09. The van der Waals surface area contributed by atoms with Gasteiger partial charge in [0.1, 0.15) is 5.41 Å². The van der Waals surface area contributed by atoms with Crippen LogP contribution in [0.2, 0.25) is 0 Å². The summed E-state index contributed by atoms with van der Waals surface area (Å²) in [6.07, 6.45) is 3.26. The number of esters is 1. The van der Waals surface area contributed by atoms with Crippen molar-refractivity contribution in [2.45, 2.75) is 44.8 Å². The van der Waals surface area contributed by atoms with Crippen molar-refractivity contribution in [1.29, 1.82) is 0 Å². The van der Waals surface area contributed by atoms with Crippen molar-refractivity contribution in [2.75, 3.05) is 7.11 Å². The Morgan fingerprint density at radius 3 is 2.16 bits per heavy atom. The van der Waals surface area contributed by atoms with Gasteiger partial charge in [0.05, 0.1) is 19.3 Å². The minimum Gasteiger partial charge on any atom is -0.468 e. The lowest BCUT2D eigenvalue weighted by Crippen LogP contribution is -2.51. The highest BCUT2D eigenvalue weighted by Crippen LogP contribution is 2.52. The molecule has 2 aromatic carbocycles. The fourth-order valence-electron chi connectivity index (χ4n) is 4.06. The summed E-state index contributed by atoms with van der Waals surface area (Å²) in [5, 5.41) is 0. The Hall–Kier alpha value is -2.13. The molecule has 0 amide bonds. The van der Waals surface area contributed by atoms with Gasteiger partial charge in [0.25, 0.3) is 0 Å². The van der Waals surface area contributed by atoms with Crippen molar-refractivity contribution >= 4 is 5.97 Å². The van der Waals surface area contributed by atoms with Crippen LogP contribution in [0.15, 0.2) is 60.7 Å². The minimum absolute atomic E-state index is 0.163. The molecule has 0 saturated heterocycles. The van der Waals surface area contributed by atoms with E-state index >= 15 is 0 Å². The van der Waals surface area contributed by atoms with Crippen molar-refractivity contribution in [1.82, 2.24) is 0 Å². The third-order valence-corrected chi connectivity index (χ3v) is 5.59. The zero-order valence-corrected chi connectivity index (χ0v) is 15.0. The summed E-state index contributed by atoms with van der Waals surface area (Å²) in [5.41, 5.74) is 1.09. The second-order valence-corrected chi connectivity index (χ2v) is 7.09. The van der Waals surface area contributed by atoms with E-state index in [1.807, 2.05) is 36.4 Å². The maximum absolute atomic E-state index is 12.9. The number of carbonyl (C=O) groups is 1. The van der Waals surface area contributed by atoms with Gasteiger partial charge in [-0.1, -0.05) is 60.7 Å². The molecular formula is C22H26O3. The van der Waals surface area contributed by atoms with Crippen molar-refractivity contribution < 1.29 is 14.3 Å². The highest BCUT2D eigenvalue weighted by molar-refractivity contribution is 5.79. The maximum Gasteiger partial charge on any atom is 0.315 e. The van der Waals surface area contributed by atoms with Crippen molar-refractivity contribution in [3.05, 3.63) is 71.8 Å². The SMILES string of the molecule is COC(=O)C1(Cc2ccccc2)CCCC1(C)OCc1ccccc1. The molecule has 0 N–H and O–H groups in total. The number of methoxy groups -OCH3 is 1. The molecule has 3 nitrogen and oxygen atoms in total. The standard InChI is InChI=1S/C22H26O3/c1-21(25-17-19-12-7-4-8-13-19)14-9-15-22(21,20(23)24-2)16-18-10-5-3-6-11-18/h3-8,10-13H,9,14-17H2,1-2H3. The minimum atomic E-state index is -0.641. The maximum atomic E-state index is 12.9. The van der Waals surface area contributed by atoms with Gasteiger partial charge >= 0.3 is 5.97 Å². The summed E-state index contributed by atoms with van der Waals surface area (Å²) in [4.78, 5) is 12.9. The Bertz CT molecular complexity index is 698. The molecule has 1 aliphatic rings. The van der Waals surface area contributed by atoms with Crippen LogP contribution in [0.5, 0.6) is 0 Å². The number of carbonyl (C=O) groups excluding carboxylic acids is 1. The normalized spacial score (nSPS) is 25.7. The molecule has 0 heterocycles. The lowest BCUT2D eigenvalue weighted by atomic mass is 9.70. The second kappa shape index (κ2) is 7.40. The van der Waals surface area contributed by atoms with Crippen LogP contribution in [-0.4, -0.2) is 18.7 Å². The number of ether oxygens (including phenoxy) is 2. The van der Waals surface area contributed by atoms with Crippen LogP contribution >= 0.6 is 0 Å². The van der Waals surface area contributed by atoms with Crippen LogP contribution in [-0.2, 0) is 27.3 Å². The Labute approximate surface area is 150 Å². The van der Waals surface area contributed by atoms with E-state index in [-0.39, 0.29) is 5.97 Å². The molecule has 0 aliphatic heterocycles. The van der Waals surface area contributed by atoms with Crippen LogP contribution in [0, 0.1) is 5.41 Å². The van der Waals surface area contributed by atoms with E-state index in [0.717, 1.165) is 30.4 Å². The molecule has 132 valence electrons. The fourth-order valence-corrected chi connectivity index (χ4v) is 4.06. The van der Waals surface area contributed by atoms with Gasteiger partial charge in [-0.05, 0) is 43.7 Å². The summed E-state index contributed by atoms with van der Waals surface area (Å²) in [5.74, 6) is -0.163. The molecule has 1 fully saturated rings. The van der Waals surface area contributed by atoms with Crippen LogP contribution in [0.3, 0.4) is 0 Å². The Morgan fingerprint density at radius 2 is 1.56 bits per heavy atom. The number of hydrogen-bond acceptors (Lipinski definition) is 3. The zero-order valence-electron chi connectivity index (χ0n) is 15.0. The average Bonchev–Trinajstić information content (AvgIpc) is 2.98. The van der Waals surface area contributed by atoms with Crippen molar-refractivity contribution in [3.8, 4) is 0 Å². The van der Waals surface area contributed by atoms with Gasteiger partial charge in [-0.15, -0.1) is 0 Å². The first-order valence-corrected chi connectivity index (χ1v) is 8.90. The number of benzene rings is 2. The highest BCUT2D eigenvalue weighted by Gasteiger charge is 2.58. The van der Waals surface area contributed by atoms with Crippen LogP contribution < -0.4 is 0 Å². The number of rotatable bonds is 6. The van der Waals surface area contributed by atoms with Crippen LogP contribution in [0.4, 0.5) is 0 Å². The molecule has 3 rings (SSSR count). The van der Waals surface area contributed by atoms with Crippen LogP contribution in [0.25, 0.3) is 0 Å². The third-order valence-electron chi connectivity index (χ3n) is 5.59. The zero-order chi connectivity index (χ0) is 17.8. The predicted octanol–water partition coefficient (Wildman–Crippen LogP) is 4.55. The topological polar surface area (TPSA) is 35.5 Å². The van der Waals surface area contributed by atoms with Gasteiger partial charge in [0.2, 0.25) is 0 Å². The first-order valence-electron chi connectivity index (χ1n) is 8.90. The molecule has 0 spiro atoms. The quantitative estimate of drug-likeness (QED) is 0.725. The summed E-state index contributed by atoms with van der Waals surface area (Å²) >= 11 is 0. The molecule has 25 heavy (non-hydrogen) atoms. The van der Waals surface area contributed by atoms with Gasteiger partial charge < -0.3 is 9.47 Å². The first kappa shape index (κ1) is 17.7. The molecule has 2 unspecified atom stereocenters. The first-order chi connectivity index (χ1) is 12.1. The lowest BCUT2D eigenvalue weighted by molar-refractivity contribution is -0.176. The molecule has 0 aromatic heterocycles. The predicted molar refractivity (Wildman–Crippen MR) is 98.1 cm³/mol. The number of hydrogen-bond donors (Lipinski definition) is 0. The van der Waals surface area contributed by atoms with Gasteiger partial charge in [-0.2, -0.15) is 0 Å². The molecule has 1 saturated carbocycles. The highest BCUT2D eigenvalue weighted by atomic mass is 16.5. The summed E-state index contributed by atoms with van der Waals surface area (Å²) in [6.45, 7) is 2.58. The average molecular weight is 338 g/mol. The fraction of sp³-hybridized carbons (Fsp3) is 0.409.